The first-order valence-corrected chi connectivity index (χ1v) is 8.77. The van der Waals surface area contributed by atoms with E-state index in [1.807, 2.05) is 12.1 Å². The molecule has 2 nitrogen and oxygen atoms in total. The Kier molecular flexibility index (Phi) is 5.92. The van der Waals surface area contributed by atoms with E-state index in [4.69, 9.17) is 9.84 Å². The van der Waals surface area contributed by atoms with Gasteiger partial charge in [0.1, 0.15) is 5.75 Å². The molecule has 0 unspecified atom stereocenters. The van der Waals surface area contributed by atoms with Crippen molar-refractivity contribution in [2.75, 3.05) is 25.2 Å². The van der Waals surface area contributed by atoms with Gasteiger partial charge in [0.2, 0.25) is 0 Å². The number of aliphatic hydroxyl groups excluding tert-OH is 1. The predicted octanol–water partition coefficient (Wildman–Crippen LogP) is 3.58. The van der Waals surface area contributed by atoms with Crippen LogP contribution in [0, 0.1) is 0 Å². The molecule has 0 bridgehead atoms. The van der Waals surface area contributed by atoms with Crippen molar-refractivity contribution >= 4 is 23.5 Å². The molecule has 1 heterocycles. The van der Waals surface area contributed by atoms with Gasteiger partial charge >= 0.3 is 0 Å². The summed E-state index contributed by atoms with van der Waals surface area (Å²) in [7, 11) is 1.70. The van der Waals surface area contributed by atoms with E-state index in [0.29, 0.717) is 6.61 Å². The van der Waals surface area contributed by atoms with E-state index < -0.39 is 0 Å². The SMILES string of the molecule is COc1ccc(CC2(CCCO)SCCCS2)cc1. The Bertz CT molecular complexity index is 372. The van der Waals surface area contributed by atoms with Crippen molar-refractivity contribution in [3.8, 4) is 5.75 Å². The highest BCUT2D eigenvalue weighted by Gasteiger charge is 2.33. The molecule has 0 saturated carbocycles. The number of aliphatic hydroxyl groups is 1. The van der Waals surface area contributed by atoms with Gasteiger partial charge in [-0.05, 0) is 54.9 Å². The molecule has 0 aliphatic carbocycles. The first-order valence-electron chi connectivity index (χ1n) is 6.80. The molecule has 1 aliphatic heterocycles. The zero-order valence-corrected chi connectivity index (χ0v) is 13.1. The summed E-state index contributed by atoms with van der Waals surface area (Å²) in [6, 6.07) is 8.39. The van der Waals surface area contributed by atoms with Crippen molar-refractivity contribution in [1.82, 2.24) is 0 Å². The van der Waals surface area contributed by atoms with Crippen LogP contribution in [0.5, 0.6) is 5.75 Å². The normalized spacial score (nSPS) is 18.2. The zero-order chi connectivity index (χ0) is 13.6. The summed E-state index contributed by atoms with van der Waals surface area (Å²) in [6.45, 7) is 0.297. The minimum atomic E-state index is 0.259. The number of rotatable bonds is 6. The van der Waals surface area contributed by atoms with Crippen LogP contribution in [0.2, 0.25) is 0 Å². The van der Waals surface area contributed by atoms with Gasteiger partial charge in [0.05, 0.1) is 11.2 Å². The molecule has 1 N–H and O–H groups in total. The van der Waals surface area contributed by atoms with Gasteiger partial charge in [0.25, 0.3) is 0 Å². The maximum Gasteiger partial charge on any atom is 0.118 e. The highest BCUT2D eigenvalue weighted by atomic mass is 32.2. The smallest absolute Gasteiger partial charge is 0.118 e. The Morgan fingerprint density at radius 3 is 2.47 bits per heavy atom. The third-order valence-electron chi connectivity index (χ3n) is 3.37. The number of benzene rings is 1. The predicted molar refractivity (Wildman–Crippen MR) is 85.3 cm³/mol. The van der Waals surface area contributed by atoms with Crippen LogP contribution in [0.3, 0.4) is 0 Å². The molecular weight excluding hydrogens is 276 g/mol. The summed E-state index contributed by atoms with van der Waals surface area (Å²) in [5, 5.41) is 9.11. The number of methoxy groups -OCH3 is 1. The van der Waals surface area contributed by atoms with E-state index in [-0.39, 0.29) is 4.08 Å². The Morgan fingerprint density at radius 2 is 1.89 bits per heavy atom. The third-order valence-corrected chi connectivity index (χ3v) is 6.81. The minimum absolute atomic E-state index is 0.259. The molecule has 1 aromatic rings. The second kappa shape index (κ2) is 7.46. The van der Waals surface area contributed by atoms with Crippen molar-refractivity contribution in [1.29, 1.82) is 0 Å². The maximum atomic E-state index is 9.11. The molecular formula is C15H22O2S2. The van der Waals surface area contributed by atoms with Crippen molar-refractivity contribution in [2.45, 2.75) is 29.8 Å². The molecule has 19 heavy (non-hydrogen) atoms. The van der Waals surface area contributed by atoms with Gasteiger partial charge in [-0.15, -0.1) is 23.5 Å². The summed E-state index contributed by atoms with van der Waals surface area (Å²) in [5.74, 6) is 3.40. The van der Waals surface area contributed by atoms with Crippen LogP contribution in [0.25, 0.3) is 0 Å². The van der Waals surface area contributed by atoms with Crippen LogP contribution in [-0.2, 0) is 6.42 Å². The van der Waals surface area contributed by atoms with Gasteiger partial charge in [-0.25, -0.2) is 0 Å². The Balaban J connectivity index is 2.05. The highest BCUT2D eigenvalue weighted by molar-refractivity contribution is 8.18. The average molecular weight is 298 g/mol. The van der Waals surface area contributed by atoms with Gasteiger partial charge in [-0.2, -0.15) is 0 Å². The van der Waals surface area contributed by atoms with E-state index in [2.05, 4.69) is 35.7 Å². The van der Waals surface area contributed by atoms with Crippen molar-refractivity contribution in [3.63, 3.8) is 0 Å². The molecule has 1 saturated heterocycles. The lowest BCUT2D eigenvalue weighted by molar-refractivity contribution is 0.282. The third kappa shape index (κ3) is 4.33. The summed E-state index contributed by atoms with van der Waals surface area (Å²) in [5.41, 5.74) is 1.36. The fraction of sp³-hybridized carbons (Fsp3) is 0.600. The Hall–Kier alpha value is -0.320. The molecule has 1 aromatic carbocycles. The average Bonchev–Trinajstić information content (AvgIpc) is 2.47. The van der Waals surface area contributed by atoms with Gasteiger partial charge in [-0.1, -0.05) is 12.1 Å². The lowest BCUT2D eigenvalue weighted by Gasteiger charge is -2.36. The van der Waals surface area contributed by atoms with Crippen LogP contribution >= 0.6 is 23.5 Å². The fourth-order valence-electron chi connectivity index (χ4n) is 2.35. The minimum Gasteiger partial charge on any atom is -0.497 e. The van der Waals surface area contributed by atoms with E-state index in [0.717, 1.165) is 25.0 Å². The summed E-state index contributed by atoms with van der Waals surface area (Å²) >= 11 is 4.15. The van der Waals surface area contributed by atoms with Crippen molar-refractivity contribution in [2.24, 2.45) is 0 Å². The first-order chi connectivity index (χ1) is 9.28. The molecule has 1 aliphatic rings. The molecule has 106 valence electrons. The van der Waals surface area contributed by atoms with E-state index in [1.165, 1.54) is 23.5 Å². The van der Waals surface area contributed by atoms with E-state index >= 15 is 0 Å². The number of hydrogen-bond donors (Lipinski definition) is 1. The molecule has 0 aromatic heterocycles. The fourth-order valence-corrected chi connectivity index (χ4v) is 5.81. The second-order valence-electron chi connectivity index (χ2n) is 4.81. The van der Waals surface area contributed by atoms with Crippen LogP contribution in [-0.4, -0.2) is 34.4 Å². The lowest BCUT2D eigenvalue weighted by atomic mass is 10.1. The molecule has 1 fully saturated rings. The Labute approximate surface area is 124 Å². The van der Waals surface area contributed by atoms with Crippen molar-refractivity contribution in [3.05, 3.63) is 29.8 Å². The number of ether oxygens (including phenoxy) is 1. The molecule has 0 spiro atoms. The molecule has 0 radical (unpaired) electrons. The largest absolute Gasteiger partial charge is 0.497 e. The molecule has 0 amide bonds. The molecule has 0 atom stereocenters. The van der Waals surface area contributed by atoms with Gasteiger partial charge in [-0.3, -0.25) is 0 Å². The van der Waals surface area contributed by atoms with E-state index in [9.17, 15) is 0 Å². The summed E-state index contributed by atoms with van der Waals surface area (Å²) in [6.07, 6.45) is 4.37. The zero-order valence-electron chi connectivity index (χ0n) is 11.4. The number of thioether (sulfide) groups is 2. The lowest BCUT2D eigenvalue weighted by Crippen LogP contribution is -2.28. The Morgan fingerprint density at radius 1 is 1.21 bits per heavy atom. The first kappa shape index (κ1) is 15.1. The van der Waals surface area contributed by atoms with Gasteiger partial charge < -0.3 is 9.84 Å². The quantitative estimate of drug-likeness (QED) is 0.869. The van der Waals surface area contributed by atoms with Crippen LogP contribution in [0.4, 0.5) is 0 Å². The highest BCUT2D eigenvalue weighted by Crippen LogP contribution is 2.47. The van der Waals surface area contributed by atoms with Crippen molar-refractivity contribution < 1.29 is 9.84 Å². The van der Waals surface area contributed by atoms with Gasteiger partial charge in [0.15, 0.2) is 0 Å². The van der Waals surface area contributed by atoms with Crippen LogP contribution < -0.4 is 4.74 Å². The van der Waals surface area contributed by atoms with Crippen LogP contribution in [0.1, 0.15) is 24.8 Å². The standard InChI is InChI=1S/C15H22O2S2/c1-17-14-6-4-13(5-7-14)12-15(8-2-9-16)18-10-3-11-19-15/h4-7,16H,2-3,8-12H2,1H3. The summed E-state index contributed by atoms with van der Waals surface area (Å²) < 4.78 is 5.47. The second-order valence-corrected chi connectivity index (χ2v) is 8.03. The van der Waals surface area contributed by atoms with Gasteiger partial charge in [0, 0.05) is 6.61 Å². The monoisotopic (exact) mass is 298 g/mol. The maximum absolute atomic E-state index is 9.11. The summed E-state index contributed by atoms with van der Waals surface area (Å²) in [4.78, 5) is 0. The topological polar surface area (TPSA) is 29.5 Å². The van der Waals surface area contributed by atoms with Crippen LogP contribution in [0.15, 0.2) is 24.3 Å². The molecule has 2 rings (SSSR count). The number of hydrogen-bond acceptors (Lipinski definition) is 4. The molecule has 4 heteroatoms. The van der Waals surface area contributed by atoms with E-state index in [1.54, 1.807) is 7.11 Å².